The van der Waals surface area contributed by atoms with Gasteiger partial charge in [0.15, 0.2) is 0 Å². The maximum atomic E-state index is 3.88. The van der Waals surface area contributed by atoms with Crippen molar-refractivity contribution >= 4 is 0 Å². The van der Waals surface area contributed by atoms with Gasteiger partial charge in [-0.25, -0.2) is 0 Å². The fourth-order valence-electron chi connectivity index (χ4n) is 0.365. The highest BCUT2D eigenvalue weighted by atomic mass is 14.4. The predicted molar refractivity (Wildman–Crippen MR) is 27.2 cm³/mol. The van der Waals surface area contributed by atoms with E-state index in [1.54, 1.807) is 0 Å². The van der Waals surface area contributed by atoms with Gasteiger partial charge in [0.25, 0.3) is 0 Å². The molecule has 0 aromatic rings. The standard InChI is InChI=1S/C6H9/c1-3-6(2)4-5-6/h3H,1-2,4-5H2. The van der Waals surface area contributed by atoms with Crippen molar-refractivity contribution in [2.24, 2.45) is 5.41 Å². The van der Waals surface area contributed by atoms with Crippen LogP contribution in [0, 0.1) is 12.3 Å². The van der Waals surface area contributed by atoms with Crippen LogP contribution in [-0.2, 0) is 0 Å². The molecule has 0 N–H and O–H groups in total. The van der Waals surface area contributed by atoms with Crippen LogP contribution in [0.1, 0.15) is 12.8 Å². The second kappa shape index (κ2) is 0.868. The van der Waals surface area contributed by atoms with E-state index in [1.165, 1.54) is 12.8 Å². The van der Waals surface area contributed by atoms with Gasteiger partial charge in [0.2, 0.25) is 0 Å². The molecule has 0 nitrogen and oxygen atoms in total. The molecule has 0 spiro atoms. The lowest BCUT2D eigenvalue weighted by Gasteiger charge is -1.90. The molecule has 1 radical (unpaired) electrons. The zero-order valence-electron chi connectivity index (χ0n) is 3.91. The van der Waals surface area contributed by atoms with Gasteiger partial charge in [-0.1, -0.05) is 6.08 Å². The fraction of sp³-hybridized carbons (Fsp3) is 0.500. The van der Waals surface area contributed by atoms with Crippen LogP contribution in [0.25, 0.3) is 0 Å². The molecule has 1 rings (SSSR count). The van der Waals surface area contributed by atoms with E-state index in [4.69, 9.17) is 0 Å². The van der Waals surface area contributed by atoms with Crippen LogP contribution in [0.15, 0.2) is 12.7 Å². The average Bonchev–Trinajstić information content (AvgIpc) is 2.22. The molecule has 6 heavy (non-hydrogen) atoms. The van der Waals surface area contributed by atoms with Crippen LogP contribution in [0.5, 0.6) is 0 Å². The summed E-state index contributed by atoms with van der Waals surface area (Å²) in [5.41, 5.74) is 0.306. The van der Waals surface area contributed by atoms with Crippen LogP contribution in [0.3, 0.4) is 0 Å². The largest absolute Gasteiger partial charge is 0.103 e. The van der Waals surface area contributed by atoms with E-state index in [9.17, 15) is 0 Å². The molecule has 0 amide bonds. The summed E-state index contributed by atoms with van der Waals surface area (Å²) in [5, 5.41) is 0. The van der Waals surface area contributed by atoms with Crippen molar-refractivity contribution in [3.63, 3.8) is 0 Å². The van der Waals surface area contributed by atoms with Crippen molar-refractivity contribution in [1.29, 1.82) is 0 Å². The van der Waals surface area contributed by atoms with Gasteiger partial charge in [-0.2, -0.15) is 0 Å². The highest BCUT2D eigenvalue weighted by Gasteiger charge is 2.33. The number of allylic oxidation sites excluding steroid dienone is 1. The third-order valence-electron chi connectivity index (χ3n) is 1.33. The molecule has 33 valence electrons. The van der Waals surface area contributed by atoms with Crippen molar-refractivity contribution in [2.75, 3.05) is 0 Å². The Kier molecular flexibility index (Phi) is 0.566. The van der Waals surface area contributed by atoms with Crippen LogP contribution < -0.4 is 0 Å². The van der Waals surface area contributed by atoms with E-state index in [2.05, 4.69) is 13.5 Å². The Morgan fingerprint density at radius 3 is 2.00 bits per heavy atom. The number of rotatable bonds is 1. The summed E-state index contributed by atoms with van der Waals surface area (Å²) in [5.74, 6) is 0. The molecule has 0 saturated heterocycles. The summed E-state index contributed by atoms with van der Waals surface area (Å²) in [4.78, 5) is 0. The second-order valence-electron chi connectivity index (χ2n) is 2.07. The third kappa shape index (κ3) is 0.469. The predicted octanol–water partition coefficient (Wildman–Crippen LogP) is 1.79. The maximum absolute atomic E-state index is 3.88. The van der Waals surface area contributed by atoms with Crippen LogP contribution in [-0.4, -0.2) is 0 Å². The van der Waals surface area contributed by atoms with E-state index >= 15 is 0 Å². The van der Waals surface area contributed by atoms with E-state index in [-0.39, 0.29) is 0 Å². The summed E-state index contributed by atoms with van der Waals surface area (Å²) < 4.78 is 0. The van der Waals surface area contributed by atoms with Crippen molar-refractivity contribution in [3.8, 4) is 0 Å². The molecule has 0 heteroatoms. The van der Waals surface area contributed by atoms with Gasteiger partial charge in [-0.15, -0.1) is 6.58 Å². The quantitative estimate of drug-likeness (QED) is 0.422. The van der Waals surface area contributed by atoms with Gasteiger partial charge in [0.1, 0.15) is 0 Å². The Bertz CT molecular complexity index is 68.1. The molecular formula is C6H9. The first-order valence-electron chi connectivity index (χ1n) is 2.26. The highest BCUT2D eigenvalue weighted by molar-refractivity contribution is 5.07. The number of hydrogen-bond acceptors (Lipinski definition) is 0. The molecular weight excluding hydrogens is 72.1 g/mol. The molecule has 0 heterocycles. The van der Waals surface area contributed by atoms with Crippen LogP contribution >= 0.6 is 0 Å². The molecule has 0 unspecified atom stereocenters. The smallest absolute Gasteiger partial charge is 0.0120 e. The third-order valence-corrected chi connectivity index (χ3v) is 1.33. The van der Waals surface area contributed by atoms with Gasteiger partial charge in [-0.3, -0.25) is 0 Å². The summed E-state index contributed by atoms with van der Waals surface area (Å²) >= 11 is 0. The lowest BCUT2D eigenvalue weighted by Crippen LogP contribution is -1.80. The molecule has 0 atom stereocenters. The Labute approximate surface area is 38.9 Å². The number of hydrogen-bond donors (Lipinski definition) is 0. The zero-order valence-corrected chi connectivity index (χ0v) is 3.91. The molecule has 0 bridgehead atoms. The lowest BCUT2D eigenvalue weighted by molar-refractivity contribution is 0.855. The molecule has 1 aliphatic carbocycles. The maximum Gasteiger partial charge on any atom is -0.0120 e. The fourth-order valence-corrected chi connectivity index (χ4v) is 0.365. The first-order valence-corrected chi connectivity index (χ1v) is 2.26. The summed E-state index contributed by atoms with van der Waals surface area (Å²) in [6, 6.07) is 0. The van der Waals surface area contributed by atoms with Crippen molar-refractivity contribution in [3.05, 3.63) is 19.6 Å². The average molecular weight is 81.1 g/mol. The lowest BCUT2D eigenvalue weighted by atomic mass is 10.1. The Morgan fingerprint density at radius 2 is 2.00 bits per heavy atom. The van der Waals surface area contributed by atoms with Gasteiger partial charge < -0.3 is 0 Å². The minimum Gasteiger partial charge on any atom is -0.103 e. The normalized spacial score (nSPS) is 26.2. The van der Waals surface area contributed by atoms with Crippen molar-refractivity contribution < 1.29 is 0 Å². The van der Waals surface area contributed by atoms with Gasteiger partial charge in [0.05, 0.1) is 0 Å². The van der Waals surface area contributed by atoms with E-state index in [0.29, 0.717) is 5.41 Å². The van der Waals surface area contributed by atoms with E-state index < -0.39 is 0 Å². The zero-order chi connectivity index (χ0) is 4.62. The highest BCUT2D eigenvalue weighted by Crippen LogP contribution is 2.45. The summed E-state index contributed by atoms with van der Waals surface area (Å²) in [6.45, 7) is 7.51. The Balaban J connectivity index is 2.47. The molecule has 0 aliphatic heterocycles. The van der Waals surface area contributed by atoms with Crippen molar-refractivity contribution in [1.82, 2.24) is 0 Å². The van der Waals surface area contributed by atoms with Crippen LogP contribution in [0.2, 0.25) is 0 Å². The minimum absolute atomic E-state index is 0.306. The molecule has 0 aromatic carbocycles. The van der Waals surface area contributed by atoms with Gasteiger partial charge in [-0.05, 0) is 25.2 Å². The Hall–Kier alpha value is -0.260. The molecule has 1 aliphatic rings. The van der Waals surface area contributed by atoms with Gasteiger partial charge in [0, 0.05) is 0 Å². The molecule has 1 saturated carbocycles. The monoisotopic (exact) mass is 81.1 g/mol. The van der Waals surface area contributed by atoms with E-state index in [0.717, 1.165) is 0 Å². The van der Waals surface area contributed by atoms with Crippen LogP contribution in [0.4, 0.5) is 0 Å². The second-order valence-corrected chi connectivity index (χ2v) is 2.07. The Morgan fingerprint density at radius 1 is 1.50 bits per heavy atom. The topological polar surface area (TPSA) is 0 Å². The van der Waals surface area contributed by atoms with E-state index in [1.807, 2.05) is 6.08 Å². The van der Waals surface area contributed by atoms with Crippen molar-refractivity contribution in [2.45, 2.75) is 12.8 Å². The molecule has 0 aromatic heterocycles. The van der Waals surface area contributed by atoms with Gasteiger partial charge >= 0.3 is 0 Å². The SMILES string of the molecule is [CH2]C1(C=C)CC1. The summed E-state index contributed by atoms with van der Waals surface area (Å²) in [7, 11) is 0. The molecule has 1 fully saturated rings. The first-order chi connectivity index (χ1) is 2.77. The first kappa shape index (κ1) is 3.91. The minimum atomic E-state index is 0.306. The summed E-state index contributed by atoms with van der Waals surface area (Å²) in [6.07, 6.45) is 4.43.